The maximum Gasteiger partial charge on any atom is 0.224 e. The molecule has 0 unspecified atom stereocenters. The first kappa shape index (κ1) is 17.3. The summed E-state index contributed by atoms with van der Waals surface area (Å²) in [7, 11) is -3.53. The zero-order chi connectivity index (χ0) is 16.1. The molecule has 8 heteroatoms. The van der Waals surface area contributed by atoms with Gasteiger partial charge in [-0.05, 0) is 38.1 Å². The second-order valence-electron chi connectivity index (χ2n) is 5.31. The van der Waals surface area contributed by atoms with E-state index in [2.05, 4.69) is 4.72 Å². The Hall–Kier alpha value is -1.80. The average Bonchev–Trinajstić information content (AvgIpc) is 2.39. The number of nitrogen functional groups attached to an aromatic ring is 1. The first-order chi connectivity index (χ1) is 9.62. The number of sulfonamides is 1. The van der Waals surface area contributed by atoms with Crippen molar-refractivity contribution in [2.24, 2.45) is 11.1 Å². The number of nitrogens with two attached hydrogens (primary N) is 2. The molecule has 21 heavy (non-hydrogen) atoms. The van der Waals surface area contributed by atoms with Crippen molar-refractivity contribution in [2.45, 2.75) is 13.8 Å². The fourth-order valence-electron chi connectivity index (χ4n) is 1.28. The van der Waals surface area contributed by atoms with Crippen molar-refractivity contribution >= 4 is 21.6 Å². The van der Waals surface area contributed by atoms with Crippen LogP contribution in [-0.2, 0) is 14.8 Å². The molecule has 1 aromatic rings. The number of benzene rings is 1. The highest BCUT2D eigenvalue weighted by Gasteiger charge is 2.26. The highest BCUT2D eigenvalue weighted by atomic mass is 32.2. The molecule has 0 radical (unpaired) electrons. The fraction of sp³-hybridized carbons (Fsp3) is 0.462. The maximum atomic E-state index is 11.8. The van der Waals surface area contributed by atoms with Gasteiger partial charge in [0, 0.05) is 12.2 Å². The van der Waals surface area contributed by atoms with E-state index in [1.807, 2.05) is 0 Å². The van der Waals surface area contributed by atoms with E-state index in [-0.39, 0.29) is 18.9 Å². The minimum atomic E-state index is -3.53. The van der Waals surface area contributed by atoms with Gasteiger partial charge in [-0.1, -0.05) is 0 Å². The van der Waals surface area contributed by atoms with Crippen molar-refractivity contribution < 1.29 is 17.9 Å². The predicted octanol–water partition coefficient (Wildman–Crippen LogP) is 0.0785. The molecule has 0 aliphatic carbocycles. The van der Waals surface area contributed by atoms with E-state index in [4.69, 9.17) is 16.2 Å². The van der Waals surface area contributed by atoms with Gasteiger partial charge >= 0.3 is 0 Å². The van der Waals surface area contributed by atoms with Gasteiger partial charge in [0.25, 0.3) is 0 Å². The Bertz CT molecular complexity index is 582. The summed E-state index contributed by atoms with van der Waals surface area (Å²) in [5, 5.41) is 0. The predicted molar refractivity (Wildman–Crippen MR) is 81.1 cm³/mol. The first-order valence-electron chi connectivity index (χ1n) is 6.38. The number of primary amides is 1. The number of anilines is 1. The third-order valence-corrected chi connectivity index (χ3v) is 4.19. The molecule has 0 atom stereocenters. The van der Waals surface area contributed by atoms with Crippen LogP contribution >= 0.6 is 0 Å². The van der Waals surface area contributed by atoms with Gasteiger partial charge in [0.1, 0.15) is 12.4 Å². The van der Waals surface area contributed by atoms with Crippen LogP contribution in [0.25, 0.3) is 0 Å². The molecule has 0 aromatic heterocycles. The van der Waals surface area contributed by atoms with Crippen molar-refractivity contribution in [3.63, 3.8) is 0 Å². The molecule has 0 saturated carbocycles. The van der Waals surface area contributed by atoms with Gasteiger partial charge in [0.2, 0.25) is 15.9 Å². The molecule has 0 fully saturated rings. The summed E-state index contributed by atoms with van der Waals surface area (Å²) in [4.78, 5) is 11.1. The van der Waals surface area contributed by atoms with Crippen molar-refractivity contribution in [2.75, 3.05) is 24.6 Å². The van der Waals surface area contributed by atoms with E-state index < -0.39 is 21.3 Å². The summed E-state index contributed by atoms with van der Waals surface area (Å²) in [5.74, 6) is -0.244. The number of hydrogen-bond donors (Lipinski definition) is 3. The molecular weight excluding hydrogens is 294 g/mol. The quantitative estimate of drug-likeness (QED) is 0.586. The molecule has 1 amide bonds. The number of hydrogen-bond acceptors (Lipinski definition) is 5. The summed E-state index contributed by atoms with van der Waals surface area (Å²) >= 11 is 0. The Kier molecular flexibility index (Phi) is 5.56. The van der Waals surface area contributed by atoms with Crippen LogP contribution in [0.1, 0.15) is 13.8 Å². The number of nitrogens with one attached hydrogen (secondary N) is 1. The Balaban J connectivity index is 2.43. The van der Waals surface area contributed by atoms with Crippen molar-refractivity contribution in [3.05, 3.63) is 24.3 Å². The molecule has 0 saturated heterocycles. The van der Waals surface area contributed by atoms with Crippen LogP contribution in [0.15, 0.2) is 24.3 Å². The zero-order valence-electron chi connectivity index (χ0n) is 12.1. The van der Waals surface area contributed by atoms with Crippen LogP contribution in [-0.4, -0.2) is 33.2 Å². The topological polar surface area (TPSA) is 125 Å². The normalized spacial score (nSPS) is 12.1. The Labute approximate surface area is 124 Å². The van der Waals surface area contributed by atoms with Crippen LogP contribution in [0.3, 0.4) is 0 Å². The number of ether oxygens (including phenoxy) is 1. The number of amides is 1. The molecule has 118 valence electrons. The summed E-state index contributed by atoms with van der Waals surface area (Å²) in [6, 6.07) is 6.64. The van der Waals surface area contributed by atoms with Crippen molar-refractivity contribution in [1.29, 1.82) is 0 Å². The van der Waals surface area contributed by atoms with E-state index in [1.165, 1.54) is 0 Å². The second kappa shape index (κ2) is 6.77. The first-order valence-corrected chi connectivity index (χ1v) is 8.03. The monoisotopic (exact) mass is 315 g/mol. The lowest BCUT2D eigenvalue weighted by molar-refractivity contribution is -0.125. The maximum absolute atomic E-state index is 11.8. The molecule has 7 nitrogen and oxygen atoms in total. The lowest BCUT2D eigenvalue weighted by Gasteiger charge is -2.20. The Morgan fingerprint density at radius 2 is 1.86 bits per heavy atom. The number of carbonyl (C=O) groups excluding carboxylic acids is 1. The molecule has 0 bridgehead atoms. The number of rotatable bonds is 8. The molecule has 1 rings (SSSR count). The summed E-state index contributed by atoms with van der Waals surface area (Å²) < 4.78 is 31.2. The third kappa shape index (κ3) is 6.01. The van der Waals surface area contributed by atoms with Gasteiger partial charge in [-0.2, -0.15) is 0 Å². The molecule has 0 heterocycles. The smallest absolute Gasteiger partial charge is 0.224 e. The molecule has 0 aliphatic heterocycles. The standard InChI is InChI=1S/C13H21N3O4S/c1-13(2,12(15)17)9-16-21(18,19)8-7-20-11-5-3-10(14)4-6-11/h3-6,16H,7-9,14H2,1-2H3,(H2,15,17). The lowest BCUT2D eigenvalue weighted by Crippen LogP contribution is -2.43. The number of carbonyl (C=O) groups is 1. The van der Waals surface area contributed by atoms with Crippen molar-refractivity contribution in [1.82, 2.24) is 4.72 Å². The van der Waals surface area contributed by atoms with Gasteiger partial charge in [0.15, 0.2) is 0 Å². The minimum absolute atomic E-state index is 0.00372. The Morgan fingerprint density at radius 3 is 2.38 bits per heavy atom. The van der Waals surface area contributed by atoms with E-state index in [9.17, 15) is 13.2 Å². The van der Waals surface area contributed by atoms with Gasteiger partial charge in [-0.3, -0.25) is 4.79 Å². The van der Waals surface area contributed by atoms with Gasteiger partial charge in [-0.25, -0.2) is 13.1 Å². The van der Waals surface area contributed by atoms with Crippen LogP contribution in [0.5, 0.6) is 5.75 Å². The molecule has 5 N–H and O–H groups in total. The van der Waals surface area contributed by atoms with Gasteiger partial charge < -0.3 is 16.2 Å². The zero-order valence-corrected chi connectivity index (χ0v) is 12.9. The molecule has 0 aliphatic rings. The SMILES string of the molecule is CC(C)(CNS(=O)(=O)CCOc1ccc(N)cc1)C(N)=O. The van der Waals surface area contributed by atoms with Gasteiger partial charge in [-0.15, -0.1) is 0 Å². The van der Waals surface area contributed by atoms with Crippen LogP contribution < -0.4 is 20.9 Å². The van der Waals surface area contributed by atoms with Crippen LogP contribution in [0.4, 0.5) is 5.69 Å². The van der Waals surface area contributed by atoms with E-state index in [0.717, 1.165) is 0 Å². The molecule has 0 spiro atoms. The van der Waals surface area contributed by atoms with Crippen LogP contribution in [0.2, 0.25) is 0 Å². The average molecular weight is 315 g/mol. The van der Waals surface area contributed by atoms with E-state index >= 15 is 0 Å². The van der Waals surface area contributed by atoms with E-state index in [0.29, 0.717) is 11.4 Å². The fourth-order valence-corrected chi connectivity index (χ4v) is 2.31. The largest absolute Gasteiger partial charge is 0.492 e. The van der Waals surface area contributed by atoms with Crippen molar-refractivity contribution in [3.8, 4) is 5.75 Å². The summed E-state index contributed by atoms with van der Waals surface area (Å²) in [5.41, 5.74) is 10.4. The third-order valence-electron chi connectivity index (χ3n) is 2.90. The molecule has 1 aromatic carbocycles. The highest BCUT2D eigenvalue weighted by molar-refractivity contribution is 7.89. The Morgan fingerprint density at radius 1 is 1.29 bits per heavy atom. The molecular formula is C13H21N3O4S. The summed E-state index contributed by atoms with van der Waals surface area (Å²) in [6.45, 7) is 3.09. The van der Waals surface area contributed by atoms with E-state index in [1.54, 1.807) is 38.1 Å². The van der Waals surface area contributed by atoms with Crippen LogP contribution in [0, 0.1) is 5.41 Å². The minimum Gasteiger partial charge on any atom is -0.492 e. The highest BCUT2D eigenvalue weighted by Crippen LogP contribution is 2.14. The second-order valence-corrected chi connectivity index (χ2v) is 7.23. The summed E-state index contributed by atoms with van der Waals surface area (Å²) in [6.07, 6.45) is 0. The lowest BCUT2D eigenvalue weighted by atomic mass is 9.93. The van der Waals surface area contributed by atoms with Gasteiger partial charge in [0.05, 0.1) is 11.2 Å².